The highest BCUT2D eigenvalue weighted by Gasteiger charge is 2.01. The summed E-state index contributed by atoms with van der Waals surface area (Å²) in [5, 5.41) is 7.87. The van der Waals surface area contributed by atoms with Crippen LogP contribution in [0.3, 0.4) is 0 Å². The number of hydrogen-bond donors (Lipinski definition) is 1. The van der Waals surface area contributed by atoms with Crippen LogP contribution in [0.25, 0.3) is 10.9 Å². The third kappa shape index (κ3) is 1.71. The van der Waals surface area contributed by atoms with Gasteiger partial charge in [-0.3, -0.25) is 10.1 Å². The van der Waals surface area contributed by atoms with Gasteiger partial charge in [-0.1, -0.05) is 19.3 Å². The van der Waals surface area contributed by atoms with E-state index >= 15 is 0 Å². The molecule has 0 aliphatic rings. The van der Waals surface area contributed by atoms with Gasteiger partial charge in [0.25, 0.3) is 0 Å². The van der Waals surface area contributed by atoms with Crippen LogP contribution >= 0.6 is 0 Å². The fourth-order valence-electron chi connectivity index (χ4n) is 1.07. The summed E-state index contributed by atoms with van der Waals surface area (Å²) in [6.45, 7) is 5.94. The Labute approximate surface area is 79.0 Å². The van der Waals surface area contributed by atoms with Crippen LogP contribution in [0.5, 0.6) is 0 Å². The van der Waals surface area contributed by atoms with Crippen molar-refractivity contribution in [2.45, 2.75) is 20.8 Å². The lowest BCUT2D eigenvalue weighted by molar-refractivity contribution is 1.07. The first kappa shape index (κ1) is 9.77. The summed E-state index contributed by atoms with van der Waals surface area (Å²) in [4.78, 5) is 3.96. The number of fused-ring (bicyclic) bond motifs is 1. The molecule has 0 atom stereocenters. The fraction of sp³-hybridized carbons (Fsp3) is 0.333. The van der Waals surface area contributed by atoms with E-state index in [0.717, 1.165) is 16.6 Å². The van der Waals surface area contributed by atoms with Gasteiger partial charge in [-0.05, 0) is 6.92 Å². The minimum atomic E-state index is 0.617. The van der Waals surface area contributed by atoms with E-state index in [1.165, 1.54) is 0 Å². The van der Waals surface area contributed by atoms with Gasteiger partial charge < -0.3 is 0 Å². The van der Waals surface area contributed by atoms with E-state index in [4.69, 9.17) is 7.85 Å². The summed E-state index contributed by atoms with van der Waals surface area (Å²) in [6, 6.07) is 0. The number of aryl methyl sites for hydroxylation is 1. The van der Waals surface area contributed by atoms with E-state index in [9.17, 15) is 0 Å². The molecule has 0 saturated heterocycles. The lowest BCUT2D eigenvalue weighted by atomic mass is 9.96. The van der Waals surface area contributed by atoms with Crippen molar-refractivity contribution in [3.05, 3.63) is 18.1 Å². The van der Waals surface area contributed by atoms with E-state index in [2.05, 4.69) is 15.2 Å². The smallest absolute Gasteiger partial charge is 0.119 e. The molecule has 2 radical (unpaired) electrons. The highest BCUT2D eigenvalue weighted by molar-refractivity contribution is 6.37. The average molecular weight is 173 g/mol. The van der Waals surface area contributed by atoms with Crippen LogP contribution in [0.15, 0.2) is 12.4 Å². The minimum Gasteiger partial charge on any atom is -0.282 e. The zero-order valence-electron chi connectivity index (χ0n) is 8.13. The molecule has 0 unspecified atom stereocenters. The summed E-state index contributed by atoms with van der Waals surface area (Å²) >= 11 is 0. The molecule has 0 aliphatic carbocycles. The summed E-state index contributed by atoms with van der Waals surface area (Å²) < 4.78 is 0. The third-order valence-corrected chi connectivity index (χ3v) is 1.69. The molecule has 0 fully saturated rings. The lowest BCUT2D eigenvalue weighted by Crippen LogP contribution is -2.04. The van der Waals surface area contributed by atoms with E-state index < -0.39 is 0 Å². The first-order valence-electron chi connectivity index (χ1n) is 4.33. The standard InChI is InChI=1S/C7H6BN3.C2H6/c1-4-5-2-9-3-6(8)7(5)11-10-4;1-2/h2-3H,1H3,(H,10,11);1-2H3. The van der Waals surface area contributed by atoms with Gasteiger partial charge in [-0.25, -0.2) is 0 Å². The average Bonchev–Trinajstić information content (AvgIpc) is 2.53. The van der Waals surface area contributed by atoms with Crippen molar-refractivity contribution in [2.24, 2.45) is 0 Å². The van der Waals surface area contributed by atoms with E-state index in [1.807, 2.05) is 20.8 Å². The predicted octanol–water partition coefficient (Wildman–Crippen LogP) is 1.09. The predicted molar refractivity (Wildman–Crippen MR) is 55.4 cm³/mol. The second kappa shape index (κ2) is 4.07. The molecule has 2 aromatic rings. The SMILES string of the molecule is CC.[B]c1cncc2c(C)[nH]nc12. The zero-order valence-corrected chi connectivity index (χ0v) is 8.13. The molecule has 0 saturated carbocycles. The number of hydrogen-bond acceptors (Lipinski definition) is 2. The molecular formula is C9H12BN3. The minimum absolute atomic E-state index is 0.617. The Balaban J connectivity index is 0.000000396. The van der Waals surface area contributed by atoms with Gasteiger partial charge in [0, 0.05) is 23.5 Å². The van der Waals surface area contributed by atoms with Gasteiger partial charge in [0.15, 0.2) is 0 Å². The molecule has 2 heterocycles. The monoisotopic (exact) mass is 173 g/mol. The number of aromatic nitrogens is 3. The van der Waals surface area contributed by atoms with Crippen LogP contribution in [-0.2, 0) is 0 Å². The summed E-state index contributed by atoms with van der Waals surface area (Å²) in [5.74, 6) is 0. The molecule has 66 valence electrons. The molecule has 2 rings (SSSR count). The largest absolute Gasteiger partial charge is 0.282 e. The van der Waals surface area contributed by atoms with Crippen LogP contribution < -0.4 is 5.46 Å². The molecule has 1 N–H and O–H groups in total. The maximum absolute atomic E-state index is 5.62. The molecule has 3 nitrogen and oxygen atoms in total. The first-order valence-corrected chi connectivity index (χ1v) is 4.33. The molecular weight excluding hydrogens is 161 g/mol. The Hall–Kier alpha value is -1.32. The van der Waals surface area contributed by atoms with Gasteiger partial charge in [0.05, 0.1) is 5.52 Å². The fourth-order valence-corrected chi connectivity index (χ4v) is 1.07. The van der Waals surface area contributed by atoms with Gasteiger partial charge in [0.1, 0.15) is 7.85 Å². The van der Waals surface area contributed by atoms with E-state index in [1.54, 1.807) is 12.4 Å². The van der Waals surface area contributed by atoms with Crippen molar-refractivity contribution in [1.82, 2.24) is 15.2 Å². The highest BCUT2D eigenvalue weighted by atomic mass is 15.1. The number of H-pyrrole nitrogens is 1. The van der Waals surface area contributed by atoms with Gasteiger partial charge in [0.2, 0.25) is 0 Å². The molecule has 2 aromatic heterocycles. The number of aromatic amines is 1. The van der Waals surface area contributed by atoms with Crippen molar-refractivity contribution in [3.63, 3.8) is 0 Å². The normalized spacial score (nSPS) is 9.46. The lowest BCUT2D eigenvalue weighted by Gasteiger charge is -1.91. The maximum atomic E-state index is 5.62. The van der Waals surface area contributed by atoms with Crippen LogP contribution in [0.4, 0.5) is 0 Å². The van der Waals surface area contributed by atoms with Gasteiger partial charge >= 0.3 is 0 Å². The molecule has 0 amide bonds. The maximum Gasteiger partial charge on any atom is 0.119 e. The van der Waals surface area contributed by atoms with Gasteiger partial charge in [-0.15, -0.1) is 0 Å². The van der Waals surface area contributed by atoms with Crippen molar-refractivity contribution in [1.29, 1.82) is 0 Å². The molecule has 0 bridgehead atoms. The van der Waals surface area contributed by atoms with E-state index in [0.29, 0.717) is 5.46 Å². The number of pyridine rings is 1. The van der Waals surface area contributed by atoms with Crippen molar-refractivity contribution >= 4 is 24.2 Å². The number of nitrogens with one attached hydrogen (secondary N) is 1. The van der Waals surface area contributed by atoms with Crippen molar-refractivity contribution in [2.75, 3.05) is 0 Å². The van der Waals surface area contributed by atoms with Crippen molar-refractivity contribution in [3.8, 4) is 0 Å². The molecule has 0 aliphatic heterocycles. The Kier molecular flexibility index (Phi) is 3.06. The molecule has 13 heavy (non-hydrogen) atoms. The van der Waals surface area contributed by atoms with Crippen molar-refractivity contribution < 1.29 is 0 Å². The molecule has 0 spiro atoms. The van der Waals surface area contributed by atoms with Crippen LogP contribution in [-0.4, -0.2) is 23.0 Å². The highest BCUT2D eigenvalue weighted by Crippen LogP contribution is 2.09. The van der Waals surface area contributed by atoms with Gasteiger partial charge in [-0.2, -0.15) is 5.10 Å². The summed E-state index contributed by atoms with van der Waals surface area (Å²) in [7, 11) is 5.62. The second-order valence-electron chi connectivity index (χ2n) is 2.47. The second-order valence-corrected chi connectivity index (χ2v) is 2.47. The zero-order chi connectivity index (χ0) is 9.84. The van der Waals surface area contributed by atoms with Crippen LogP contribution in [0.2, 0.25) is 0 Å². The Bertz CT molecular complexity index is 395. The Morgan fingerprint density at radius 2 is 2.00 bits per heavy atom. The quantitative estimate of drug-likeness (QED) is 0.605. The molecule has 4 heteroatoms. The number of rotatable bonds is 0. The van der Waals surface area contributed by atoms with Crippen LogP contribution in [0.1, 0.15) is 19.5 Å². The van der Waals surface area contributed by atoms with Crippen LogP contribution in [0, 0.1) is 6.92 Å². The summed E-state index contributed by atoms with van der Waals surface area (Å²) in [6.07, 6.45) is 3.35. The Morgan fingerprint density at radius 3 is 2.62 bits per heavy atom. The first-order chi connectivity index (χ1) is 6.29. The summed E-state index contributed by atoms with van der Waals surface area (Å²) in [5.41, 5.74) is 2.42. The topological polar surface area (TPSA) is 41.6 Å². The third-order valence-electron chi connectivity index (χ3n) is 1.69. The van der Waals surface area contributed by atoms with E-state index in [-0.39, 0.29) is 0 Å². The molecule has 0 aromatic carbocycles. The number of nitrogens with zero attached hydrogens (tertiary/aromatic N) is 2. The Morgan fingerprint density at radius 1 is 1.31 bits per heavy atom.